The number of methoxy groups -OCH3 is 3. The maximum absolute atomic E-state index is 13.5. The Labute approximate surface area is 234 Å². The summed E-state index contributed by atoms with van der Waals surface area (Å²) in [5.41, 5.74) is 1.50. The maximum Gasteiger partial charge on any atom is 0.295 e. The van der Waals surface area contributed by atoms with Crippen LogP contribution >= 0.6 is 0 Å². The predicted octanol–water partition coefficient (Wildman–Crippen LogP) is 4.77. The second-order valence-electron chi connectivity index (χ2n) is 9.35. The highest BCUT2D eigenvalue weighted by Gasteiger charge is 2.48. The molecule has 1 saturated heterocycles. The van der Waals surface area contributed by atoms with Crippen LogP contribution in [-0.4, -0.2) is 59.5 Å². The molecule has 4 aromatic rings. The molecule has 1 aliphatic heterocycles. The summed E-state index contributed by atoms with van der Waals surface area (Å²) < 4.78 is 15.9. The van der Waals surface area contributed by atoms with Gasteiger partial charge in [0.2, 0.25) is 0 Å². The van der Waals surface area contributed by atoms with Gasteiger partial charge in [-0.3, -0.25) is 19.7 Å². The van der Waals surface area contributed by atoms with Gasteiger partial charge >= 0.3 is 0 Å². The number of benzene rings is 3. The molecule has 5 rings (SSSR count). The molecule has 1 amide bonds. The van der Waals surface area contributed by atoms with Gasteiger partial charge in [0.15, 0.2) is 11.5 Å². The van der Waals surface area contributed by atoms with Crippen LogP contribution in [0.4, 0.5) is 5.69 Å². The number of aromatic nitrogens is 1. The number of hydrogen-bond donors (Lipinski definition) is 2. The molecule has 1 aromatic heterocycles. The molecule has 11 nitrogen and oxygen atoms in total. The summed E-state index contributed by atoms with van der Waals surface area (Å²) >= 11 is 0. The molecule has 0 radical (unpaired) electrons. The number of fused-ring (bicyclic) bond motifs is 1. The lowest BCUT2D eigenvalue weighted by molar-refractivity contribution is -0.385. The van der Waals surface area contributed by atoms with Crippen molar-refractivity contribution in [1.82, 2.24) is 9.88 Å². The monoisotopic (exact) mass is 557 g/mol. The van der Waals surface area contributed by atoms with Crippen molar-refractivity contribution in [3.63, 3.8) is 0 Å². The largest absolute Gasteiger partial charge is 0.507 e. The Morgan fingerprint density at radius 3 is 2.46 bits per heavy atom. The minimum Gasteiger partial charge on any atom is -0.507 e. The number of ether oxygens (including phenoxy) is 3. The van der Waals surface area contributed by atoms with E-state index in [1.807, 2.05) is 24.4 Å². The highest BCUT2D eigenvalue weighted by atomic mass is 16.6. The van der Waals surface area contributed by atoms with Crippen LogP contribution in [0, 0.1) is 10.1 Å². The van der Waals surface area contributed by atoms with Gasteiger partial charge in [0.1, 0.15) is 11.5 Å². The smallest absolute Gasteiger partial charge is 0.295 e. The maximum atomic E-state index is 13.5. The summed E-state index contributed by atoms with van der Waals surface area (Å²) in [4.78, 5) is 42.8. The number of nitrogens with zero attached hydrogens (tertiary/aromatic N) is 2. The molecule has 41 heavy (non-hydrogen) atoms. The summed E-state index contributed by atoms with van der Waals surface area (Å²) in [7, 11) is 4.45. The van der Waals surface area contributed by atoms with Crippen LogP contribution in [-0.2, 0) is 16.0 Å². The molecule has 210 valence electrons. The molecule has 3 aromatic carbocycles. The Bertz CT molecular complexity index is 1710. The number of nitro groups is 1. The molecule has 2 N–H and O–H groups in total. The van der Waals surface area contributed by atoms with Crippen LogP contribution in [0.15, 0.2) is 72.4 Å². The van der Waals surface area contributed by atoms with Crippen LogP contribution in [0.3, 0.4) is 0 Å². The van der Waals surface area contributed by atoms with Gasteiger partial charge in [0.25, 0.3) is 17.4 Å². The fourth-order valence-electron chi connectivity index (χ4n) is 5.19. The van der Waals surface area contributed by atoms with E-state index in [4.69, 9.17) is 14.2 Å². The number of ketones is 1. The Morgan fingerprint density at radius 1 is 1.00 bits per heavy atom. The molecule has 0 saturated carbocycles. The molecule has 11 heteroatoms. The number of rotatable bonds is 9. The number of likely N-dealkylation sites (tertiary alicyclic amines) is 1. The molecule has 1 fully saturated rings. The Hall–Kier alpha value is -5.32. The molecule has 1 atom stereocenters. The zero-order valence-corrected chi connectivity index (χ0v) is 22.5. The third kappa shape index (κ3) is 4.82. The number of Topliss-reactive ketones (excluding diaryl/α,β-unsaturated/α-hetero) is 1. The number of nitro benzene ring substituents is 1. The number of aliphatic hydroxyl groups is 1. The predicted molar refractivity (Wildman–Crippen MR) is 150 cm³/mol. The van der Waals surface area contributed by atoms with E-state index in [1.54, 1.807) is 19.2 Å². The van der Waals surface area contributed by atoms with Crippen LogP contribution < -0.4 is 14.2 Å². The first-order valence-electron chi connectivity index (χ1n) is 12.7. The van der Waals surface area contributed by atoms with Crippen molar-refractivity contribution in [2.45, 2.75) is 12.5 Å². The molecular formula is C30H27N3O8. The molecule has 1 aliphatic rings. The average molecular weight is 558 g/mol. The van der Waals surface area contributed by atoms with Crippen LogP contribution in [0.25, 0.3) is 16.7 Å². The van der Waals surface area contributed by atoms with E-state index in [0.29, 0.717) is 23.7 Å². The number of aliphatic hydroxyl groups excluding tert-OH is 1. The number of carbonyl (C=O) groups is 2. The van der Waals surface area contributed by atoms with E-state index in [9.17, 15) is 24.8 Å². The summed E-state index contributed by atoms with van der Waals surface area (Å²) in [5, 5.41) is 24.3. The zero-order chi connectivity index (χ0) is 29.3. The molecule has 2 heterocycles. The normalized spacial score (nSPS) is 16.3. The first-order valence-corrected chi connectivity index (χ1v) is 12.7. The SMILES string of the molecule is COc1ccc2[nH]cc(CCN3C(=O)C(=O)C(=C(O)c4ccc(OC)c(OC)c4)[C@@H]3c3ccccc3[N+](=O)[O-])c2c1. The van der Waals surface area contributed by atoms with Crippen LogP contribution in [0.1, 0.15) is 22.7 Å². The third-order valence-electron chi connectivity index (χ3n) is 7.22. The summed E-state index contributed by atoms with van der Waals surface area (Å²) in [5.74, 6) is -0.938. The quantitative estimate of drug-likeness (QED) is 0.0985. The van der Waals surface area contributed by atoms with Crippen molar-refractivity contribution >= 4 is 34.0 Å². The summed E-state index contributed by atoms with van der Waals surface area (Å²) in [6, 6.07) is 14.8. The van der Waals surface area contributed by atoms with E-state index in [-0.39, 0.29) is 28.9 Å². The van der Waals surface area contributed by atoms with Crippen molar-refractivity contribution < 1.29 is 33.8 Å². The van der Waals surface area contributed by atoms with Gasteiger partial charge in [0, 0.05) is 35.3 Å². The number of amides is 1. The summed E-state index contributed by atoms with van der Waals surface area (Å²) in [6.45, 7) is 0.0498. The molecule has 0 bridgehead atoms. The van der Waals surface area contributed by atoms with Crippen molar-refractivity contribution in [3.05, 3.63) is 99.2 Å². The van der Waals surface area contributed by atoms with Crippen molar-refractivity contribution in [3.8, 4) is 17.2 Å². The van der Waals surface area contributed by atoms with Gasteiger partial charge < -0.3 is 29.2 Å². The van der Waals surface area contributed by atoms with Gasteiger partial charge in [-0.2, -0.15) is 0 Å². The number of hydrogen-bond acceptors (Lipinski definition) is 8. The average Bonchev–Trinajstić information content (AvgIpc) is 3.51. The lowest BCUT2D eigenvalue weighted by Gasteiger charge is -2.25. The number of aromatic amines is 1. The third-order valence-corrected chi connectivity index (χ3v) is 7.22. The van der Waals surface area contributed by atoms with E-state index in [2.05, 4.69) is 4.98 Å². The molecule has 0 spiro atoms. The topological polar surface area (TPSA) is 144 Å². The number of para-hydroxylation sites is 1. The highest BCUT2D eigenvalue weighted by Crippen LogP contribution is 2.43. The van der Waals surface area contributed by atoms with Crippen LogP contribution in [0.2, 0.25) is 0 Å². The number of nitrogens with one attached hydrogen (secondary N) is 1. The minimum atomic E-state index is -1.20. The lowest BCUT2D eigenvalue weighted by atomic mass is 9.94. The van der Waals surface area contributed by atoms with Gasteiger partial charge in [-0.05, 0) is 54.4 Å². The second kappa shape index (κ2) is 11.0. The van der Waals surface area contributed by atoms with Crippen molar-refractivity contribution in [1.29, 1.82) is 0 Å². The van der Waals surface area contributed by atoms with Crippen LogP contribution in [0.5, 0.6) is 17.2 Å². The number of H-pyrrole nitrogens is 1. The van der Waals surface area contributed by atoms with Gasteiger partial charge in [-0.1, -0.05) is 12.1 Å². The summed E-state index contributed by atoms with van der Waals surface area (Å²) in [6.07, 6.45) is 2.14. The van der Waals surface area contributed by atoms with E-state index in [0.717, 1.165) is 16.5 Å². The Morgan fingerprint density at radius 2 is 1.76 bits per heavy atom. The van der Waals surface area contributed by atoms with E-state index < -0.39 is 28.4 Å². The molecule has 0 aliphatic carbocycles. The second-order valence-corrected chi connectivity index (χ2v) is 9.35. The fraction of sp³-hybridized carbons (Fsp3) is 0.200. The lowest BCUT2D eigenvalue weighted by Crippen LogP contribution is -2.32. The first kappa shape index (κ1) is 27.3. The van der Waals surface area contributed by atoms with Gasteiger partial charge in [-0.15, -0.1) is 0 Å². The Balaban J connectivity index is 1.62. The number of carbonyl (C=O) groups excluding carboxylic acids is 2. The fourth-order valence-corrected chi connectivity index (χ4v) is 5.19. The van der Waals surface area contributed by atoms with Gasteiger partial charge in [-0.25, -0.2) is 0 Å². The standard InChI is InChI=1S/C30H27N3O8/c1-39-19-9-10-22-21(15-19)18(16-31-22)12-13-32-27(20-6-4-5-7-23(20)33(37)38)26(29(35)30(32)36)28(34)17-8-11-24(40-2)25(14-17)41-3/h4-11,14-16,27,31,34H,12-13H2,1-3H3/t27-/m0/s1. The molecule has 0 unspecified atom stereocenters. The zero-order valence-electron chi connectivity index (χ0n) is 22.5. The van der Waals surface area contributed by atoms with Gasteiger partial charge in [0.05, 0.1) is 43.4 Å². The first-order chi connectivity index (χ1) is 19.8. The van der Waals surface area contributed by atoms with Crippen molar-refractivity contribution in [2.75, 3.05) is 27.9 Å². The molecular weight excluding hydrogens is 530 g/mol. The highest BCUT2D eigenvalue weighted by molar-refractivity contribution is 6.46. The van der Waals surface area contributed by atoms with E-state index in [1.165, 1.54) is 49.5 Å². The van der Waals surface area contributed by atoms with Crippen molar-refractivity contribution in [2.24, 2.45) is 0 Å². The Kier molecular flexibility index (Phi) is 7.34. The van der Waals surface area contributed by atoms with E-state index >= 15 is 0 Å². The minimum absolute atomic E-state index is 0.0498.